The van der Waals surface area contributed by atoms with E-state index in [2.05, 4.69) is 53.4 Å². The lowest BCUT2D eigenvalue weighted by molar-refractivity contribution is -0.170. The second kappa shape index (κ2) is 8.00. The van der Waals surface area contributed by atoms with Crippen LogP contribution in [0, 0.1) is 28.6 Å². The monoisotopic (exact) mass is 511 g/mol. The Morgan fingerprint density at radius 1 is 1.25 bits per heavy atom. The molecule has 2 saturated carbocycles. The summed E-state index contributed by atoms with van der Waals surface area (Å²) in [5.74, 6) is -0.293. The van der Waals surface area contributed by atoms with E-state index in [0.29, 0.717) is 19.6 Å². The molecule has 0 aromatic rings. The average molecular weight is 512 g/mol. The molecular formula is C29H41NO5Si. The second-order valence-corrected chi connectivity index (χ2v) is 18.1. The lowest BCUT2D eigenvalue weighted by atomic mass is 9.45. The summed E-state index contributed by atoms with van der Waals surface area (Å²) in [6.45, 7) is 18.3. The van der Waals surface area contributed by atoms with Gasteiger partial charge in [0.25, 0.3) is 0 Å². The predicted octanol–water partition coefficient (Wildman–Crippen LogP) is 4.83. The van der Waals surface area contributed by atoms with Crippen LogP contribution in [0.5, 0.6) is 0 Å². The number of methoxy groups -OCH3 is 1. The molecule has 0 spiro atoms. The molecule has 7 heteroatoms. The summed E-state index contributed by atoms with van der Waals surface area (Å²) in [5, 5.41) is 0.0193. The van der Waals surface area contributed by atoms with Crippen LogP contribution in [0.15, 0.2) is 35.5 Å². The molecule has 0 N–H and O–H groups in total. The van der Waals surface area contributed by atoms with Crippen molar-refractivity contribution in [2.24, 2.45) is 28.6 Å². The minimum absolute atomic E-state index is 0.0193. The number of fused-ring (bicyclic) bond motifs is 6. The summed E-state index contributed by atoms with van der Waals surface area (Å²) in [4.78, 5) is 43.0. The van der Waals surface area contributed by atoms with Crippen LogP contribution in [0.2, 0.25) is 18.1 Å². The van der Waals surface area contributed by atoms with Crippen LogP contribution in [0.1, 0.15) is 53.4 Å². The Hall–Kier alpha value is -1.99. The molecule has 0 unspecified atom stereocenters. The first kappa shape index (κ1) is 25.6. The highest BCUT2D eigenvalue weighted by atomic mass is 28.4. The van der Waals surface area contributed by atoms with Crippen molar-refractivity contribution in [3.8, 4) is 0 Å². The molecule has 2 bridgehead atoms. The normalized spacial score (nSPS) is 37.4. The van der Waals surface area contributed by atoms with Gasteiger partial charge in [-0.2, -0.15) is 0 Å². The van der Waals surface area contributed by atoms with E-state index in [1.165, 1.54) is 12.7 Å². The van der Waals surface area contributed by atoms with Gasteiger partial charge in [0.1, 0.15) is 0 Å². The Bertz CT molecular complexity index is 1110. The first-order chi connectivity index (χ1) is 16.7. The number of carbonyl (C=O) groups excluding carboxylic acids is 3. The maximum absolute atomic E-state index is 14.4. The molecule has 1 amide bonds. The molecule has 0 aromatic carbocycles. The molecule has 5 aliphatic rings. The first-order valence-corrected chi connectivity index (χ1v) is 16.3. The van der Waals surface area contributed by atoms with Crippen LogP contribution >= 0.6 is 0 Å². The molecule has 0 radical (unpaired) electrons. The number of ether oxygens (including phenoxy) is 1. The van der Waals surface area contributed by atoms with E-state index in [0.717, 1.165) is 24.0 Å². The van der Waals surface area contributed by atoms with Crippen molar-refractivity contribution in [1.29, 1.82) is 0 Å². The van der Waals surface area contributed by atoms with E-state index in [1.807, 2.05) is 11.0 Å². The Balaban J connectivity index is 1.64. The largest absolute Gasteiger partial charge is 0.468 e. The van der Waals surface area contributed by atoms with Gasteiger partial charge in [-0.15, -0.1) is 0 Å². The van der Waals surface area contributed by atoms with Gasteiger partial charge in [0.15, 0.2) is 19.5 Å². The molecule has 2 saturated heterocycles. The topological polar surface area (TPSA) is 72.9 Å². The Morgan fingerprint density at radius 3 is 2.58 bits per heavy atom. The summed E-state index contributed by atoms with van der Waals surface area (Å²) >= 11 is 0. The van der Waals surface area contributed by atoms with Crippen LogP contribution in [0.4, 0.5) is 0 Å². The van der Waals surface area contributed by atoms with Crippen LogP contribution in [0.3, 0.4) is 0 Å². The van der Waals surface area contributed by atoms with E-state index in [-0.39, 0.29) is 46.9 Å². The van der Waals surface area contributed by atoms with Crippen LogP contribution in [-0.2, 0) is 23.5 Å². The molecule has 6 nitrogen and oxygen atoms in total. The molecule has 196 valence electrons. The average Bonchev–Trinajstić information content (AvgIpc) is 3.27. The molecule has 6 atom stereocenters. The number of piperidine rings is 1. The zero-order valence-corrected chi connectivity index (χ0v) is 23.9. The van der Waals surface area contributed by atoms with E-state index in [4.69, 9.17) is 9.16 Å². The van der Waals surface area contributed by atoms with Gasteiger partial charge >= 0.3 is 5.97 Å². The van der Waals surface area contributed by atoms with Gasteiger partial charge in [0.2, 0.25) is 5.91 Å². The number of ketones is 1. The number of esters is 1. The Morgan fingerprint density at radius 2 is 1.94 bits per heavy atom. The van der Waals surface area contributed by atoms with Crippen LogP contribution in [-0.4, -0.2) is 57.2 Å². The van der Waals surface area contributed by atoms with E-state index in [1.54, 1.807) is 0 Å². The number of nitrogens with zero attached hydrogens (tertiary/aromatic N) is 1. The fourth-order valence-corrected chi connectivity index (χ4v) is 9.00. The van der Waals surface area contributed by atoms with Gasteiger partial charge in [0, 0.05) is 36.9 Å². The van der Waals surface area contributed by atoms with E-state index >= 15 is 0 Å². The third-order valence-corrected chi connectivity index (χ3v) is 15.4. The number of hydrogen-bond acceptors (Lipinski definition) is 5. The number of rotatable bonds is 5. The van der Waals surface area contributed by atoms with Gasteiger partial charge in [0.05, 0.1) is 7.11 Å². The van der Waals surface area contributed by atoms with Gasteiger partial charge in [-0.05, 0) is 54.8 Å². The lowest BCUT2D eigenvalue weighted by Crippen LogP contribution is -2.61. The molecule has 0 aromatic heterocycles. The van der Waals surface area contributed by atoms with Crippen molar-refractivity contribution in [1.82, 2.24) is 4.90 Å². The molecule has 36 heavy (non-hydrogen) atoms. The number of carbonyl (C=O) groups is 3. The number of hydrogen-bond donors (Lipinski definition) is 0. The van der Waals surface area contributed by atoms with Crippen LogP contribution < -0.4 is 0 Å². The fraction of sp³-hybridized carbons (Fsp3) is 0.690. The highest BCUT2D eigenvalue weighted by Gasteiger charge is 2.77. The predicted molar refractivity (Wildman–Crippen MR) is 140 cm³/mol. The Kier molecular flexibility index (Phi) is 5.70. The maximum atomic E-state index is 14.4. The summed E-state index contributed by atoms with van der Waals surface area (Å²) in [6.07, 6.45) is 6.47. The first-order valence-electron chi connectivity index (χ1n) is 13.4. The van der Waals surface area contributed by atoms with Gasteiger partial charge in [-0.1, -0.05) is 57.6 Å². The van der Waals surface area contributed by atoms with Gasteiger partial charge in [-0.25, -0.2) is 0 Å². The minimum atomic E-state index is -2.09. The van der Waals surface area contributed by atoms with E-state index < -0.39 is 25.1 Å². The quantitative estimate of drug-likeness (QED) is 0.229. The lowest BCUT2D eigenvalue weighted by Gasteiger charge is -2.58. The molecule has 5 rings (SSSR count). The maximum Gasteiger partial charge on any atom is 0.322 e. The fourth-order valence-electron chi connectivity index (χ4n) is 7.95. The van der Waals surface area contributed by atoms with Gasteiger partial charge in [-0.3, -0.25) is 14.4 Å². The molecule has 4 fully saturated rings. The third kappa shape index (κ3) is 3.08. The smallest absolute Gasteiger partial charge is 0.322 e. The summed E-state index contributed by atoms with van der Waals surface area (Å²) < 4.78 is 12.0. The molecule has 2 aliphatic heterocycles. The van der Waals surface area contributed by atoms with Crippen molar-refractivity contribution in [2.75, 3.05) is 20.3 Å². The second-order valence-electron chi connectivity index (χ2n) is 13.3. The zero-order valence-electron chi connectivity index (χ0n) is 22.9. The Labute approximate surface area is 216 Å². The number of allylic oxidation sites excluding steroid dienone is 4. The SMILES string of the molecule is C=C1CN2C(=O)[C@](CCO[Si](C)(C)C(C)(C)C)(C(=O)OC)[C@@]3(C)[C@@H]4C(=CC=C5C(=O)CC[C@H]54)[C@@H]1C[C@@H]23. The van der Waals surface area contributed by atoms with Crippen molar-refractivity contribution >= 4 is 26.0 Å². The standard InChI is InChI=1S/C29H41NO5Si/c1-17-16-30-23-15-21(17)20-10-9-18-19(11-12-22(18)31)24(20)28(23,5)29(25(30)32,26(33)34-6)13-14-35-36(7,8)27(2,3)4/h9-10,19,21,23-24H,1,11-16H2,2-8H3/t19-,21-,23-,24+,28-,29-/m1/s1. The molecular weight excluding hydrogens is 470 g/mol. The summed E-state index contributed by atoms with van der Waals surface area (Å²) in [5.41, 5.74) is 1.07. The minimum Gasteiger partial charge on any atom is -0.468 e. The van der Waals surface area contributed by atoms with Crippen molar-refractivity contribution in [2.45, 2.75) is 77.6 Å². The summed E-state index contributed by atoms with van der Waals surface area (Å²) in [6, 6.07) is -0.0929. The van der Waals surface area contributed by atoms with Crippen LogP contribution in [0.25, 0.3) is 0 Å². The number of amides is 1. The highest BCUT2D eigenvalue weighted by Crippen LogP contribution is 2.70. The highest BCUT2D eigenvalue weighted by molar-refractivity contribution is 6.74. The zero-order chi connectivity index (χ0) is 26.4. The van der Waals surface area contributed by atoms with E-state index in [9.17, 15) is 14.4 Å². The van der Waals surface area contributed by atoms with Gasteiger partial charge < -0.3 is 14.1 Å². The van der Waals surface area contributed by atoms with Crippen molar-refractivity contribution < 1.29 is 23.5 Å². The number of Topliss-reactive ketones (excluding diaryl/α,β-unsaturated/α-hetero) is 1. The van der Waals surface area contributed by atoms with Crippen molar-refractivity contribution in [3.05, 3.63) is 35.5 Å². The van der Waals surface area contributed by atoms with Crippen molar-refractivity contribution in [3.63, 3.8) is 0 Å². The molecule has 2 heterocycles. The summed E-state index contributed by atoms with van der Waals surface area (Å²) in [7, 11) is -0.706. The third-order valence-electron chi connectivity index (χ3n) is 10.9. The molecule has 3 aliphatic carbocycles.